The summed E-state index contributed by atoms with van der Waals surface area (Å²) in [5.74, 6) is 0. The fourth-order valence-electron chi connectivity index (χ4n) is 3.52. The van der Waals surface area contributed by atoms with Crippen molar-refractivity contribution in [2.24, 2.45) is 0 Å². The molecule has 0 saturated carbocycles. The van der Waals surface area contributed by atoms with E-state index in [1.165, 1.54) is 22.4 Å². The van der Waals surface area contributed by atoms with Crippen LogP contribution in [0.4, 0.5) is 5.69 Å². The van der Waals surface area contributed by atoms with Crippen molar-refractivity contribution in [3.05, 3.63) is 59.4 Å². The first kappa shape index (κ1) is 18.9. The Balaban J connectivity index is 1.77. The van der Waals surface area contributed by atoms with Gasteiger partial charge in [0.1, 0.15) is 0 Å². The monoisotopic (exact) mass is 352 g/mol. The number of aromatic nitrogens is 1. The highest BCUT2D eigenvalue weighted by Crippen LogP contribution is 2.31. The predicted molar refractivity (Wildman–Crippen MR) is 109 cm³/mol. The second-order valence-corrected chi connectivity index (χ2v) is 9.18. The maximum atomic E-state index is 5.47. The van der Waals surface area contributed by atoms with Crippen molar-refractivity contribution in [2.75, 3.05) is 18.5 Å². The van der Waals surface area contributed by atoms with E-state index in [1.54, 1.807) is 0 Å². The molecule has 0 spiro atoms. The summed E-state index contributed by atoms with van der Waals surface area (Å²) >= 11 is 0. The number of rotatable bonds is 5. The van der Waals surface area contributed by atoms with Gasteiger partial charge in [0.15, 0.2) is 0 Å². The Hall–Kier alpha value is -1.87. The Morgan fingerprint density at radius 1 is 1.08 bits per heavy atom. The normalized spacial score (nSPS) is 18.1. The van der Waals surface area contributed by atoms with Crippen LogP contribution in [-0.2, 0) is 22.0 Å². The van der Waals surface area contributed by atoms with Crippen LogP contribution in [0.1, 0.15) is 57.7 Å². The van der Waals surface area contributed by atoms with Crippen LogP contribution in [-0.4, -0.2) is 24.2 Å². The SMILES string of the molecule is CC(C)(C)c1cncc(CC(C)(C)c2cccc(NC3CCOC3)c2)c1. The summed E-state index contributed by atoms with van der Waals surface area (Å²) < 4.78 is 5.47. The number of benzene rings is 1. The zero-order valence-corrected chi connectivity index (χ0v) is 16.8. The fraction of sp³-hybridized carbons (Fsp3) is 0.522. The number of ether oxygens (including phenoxy) is 1. The molecule has 0 aliphatic carbocycles. The van der Waals surface area contributed by atoms with Crippen molar-refractivity contribution >= 4 is 5.69 Å². The van der Waals surface area contributed by atoms with Gasteiger partial charge in [-0.25, -0.2) is 0 Å². The largest absolute Gasteiger partial charge is 0.380 e. The zero-order chi connectivity index (χ0) is 18.8. The molecule has 140 valence electrons. The van der Waals surface area contributed by atoms with Gasteiger partial charge in [-0.15, -0.1) is 0 Å². The van der Waals surface area contributed by atoms with Gasteiger partial charge in [-0.1, -0.05) is 52.8 Å². The average Bonchev–Trinajstić information content (AvgIpc) is 3.07. The quantitative estimate of drug-likeness (QED) is 0.813. The number of nitrogens with zero attached hydrogens (tertiary/aromatic N) is 1. The summed E-state index contributed by atoms with van der Waals surface area (Å²) in [6, 6.07) is 11.6. The Bertz CT molecular complexity index is 740. The molecule has 1 unspecified atom stereocenters. The molecule has 3 rings (SSSR count). The average molecular weight is 353 g/mol. The second-order valence-electron chi connectivity index (χ2n) is 9.18. The van der Waals surface area contributed by atoms with E-state index in [1.807, 2.05) is 12.4 Å². The van der Waals surface area contributed by atoms with Crippen molar-refractivity contribution in [3.63, 3.8) is 0 Å². The molecule has 0 radical (unpaired) electrons. The number of nitrogens with one attached hydrogen (secondary N) is 1. The van der Waals surface area contributed by atoms with Crippen LogP contribution < -0.4 is 5.32 Å². The van der Waals surface area contributed by atoms with Gasteiger partial charge in [-0.3, -0.25) is 4.98 Å². The minimum Gasteiger partial charge on any atom is -0.380 e. The molecule has 1 atom stereocenters. The number of anilines is 1. The molecule has 0 amide bonds. The zero-order valence-electron chi connectivity index (χ0n) is 16.8. The Kier molecular flexibility index (Phi) is 5.38. The highest BCUT2D eigenvalue weighted by Gasteiger charge is 2.23. The van der Waals surface area contributed by atoms with E-state index < -0.39 is 0 Å². The maximum absolute atomic E-state index is 5.47. The van der Waals surface area contributed by atoms with Gasteiger partial charge >= 0.3 is 0 Å². The summed E-state index contributed by atoms with van der Waals surface area (Å²) in [7, 11) is 0. The van der Waals surface area contributed by atoms with Crippen LogP contribution in [0.2, 0.25) is 0 Å². The molecule has 1 fully saturated rings. The summed E-state index contributed by atoms with van der Waals surface area (Å²) in [6.07, 6.45) is 6.05. The van der Waals surface area contributed by atoms with Gasteiger partial charge in [-0.2, -0.15) is 0 Å². The molecule has 1 aliphatic rings. The lowest BCUT2D eigenvalue weighted by atomic mass is 9.78. The van der Waals surface area contributed by atoms with Crippen LogP contribution in [0.3, 0.4) is 0 Å². The third-order valence-corrected chi connectivity index (χ3v) is 5.25. The van der Waals surface area contributed by atoms with Gasteiger partial charge in [0, 0.05) is 24.7 Å². The van der Waals surface area contributed by atoms with Crippen molar-refractivity contribution in [3.8, 4) is 0 Å². The van der Waals surface area contributed by atoms with Crippen molar-refractivity contribution < 1.29 is 4.74 Å². The van der Waals surface area contributed by atoms with Gasteiger partial charge in [-0.05, 0) is 52.5 Å². The smallest absolute Gasteiger partial charge is 0.0668 e. The molecular formula is C23H32N2O. The van der Waals surface area contributed by atoms with E-state index in [-0.39, 0.29) is 10.8 Å². The van der Waals surface area contributed by atoms with Crippen molar-refractivity contribution in [2.45, 2.75) is 64.3 Å². The molecule has 1 aromatic heterocycles. The molecule has 1 aromatic carbocycles. The van der Waals surface area contributed by atoms with E-state index in [9.17, 15) is 0 Å². The van der Waals surface area contributed by atoms with E-state index in [2.05, 4.69) is 75.3 Å². The topological polar surface area (TPSA) is 34.2 Å². The van der Waals surface area contributed by atoms with Gasteiger partial charge in [0.2, 0.25) is 0 Å². The van der Waals surface area contributed by atoms with E-state index in [4.69, 9.17) is 4.74 Å². The number of hydrogen-bond donors (Lipinski definition) is 1. The summed E-state index contributed by atoms with van der Waals surface area (Å²) in [4.78, 5) is 4.49. The number of pyridine rings is 1. The van der Waals surface area contributed by atoms with Crippen LogP contribution >= 0.6 is 0 Å². The number of hydrogen-bond acceptors (Lipinski definition) is 3. The summed E-state index contributed by atoms with van der Waals surface area (Å²) in [5.41, 5.74) is 5.30. The molecule has 1 N–H and O–H groups in total. The molecule has 3 nitrogen and oxygen atoms in total. The van der Waals surface area contributed by atoms with Gasteiger partial charge in [0.25, 0.3) is 0 Å². The van der Waals surface area contributed by atoms with Gasteiger partial charge in [0.05, 0.1) is 12.6 Å². The first-order chi connectivity index (χ1) is 12.2. The first-order valence-corrected chi connectivity index (χ1v) is 9.63. The molecule has 2 aromatic rings. The lowest BCUT2D eigenvalue weighted by Crippen LogP contribution is -2.23. The Morgan fingerprint density at radius 3 is 2.58 bits per heavy atom. The van der Waals surface area contributed by atoms with Crippen molar-refractivity contribution in [1.82, 2.24) is 4.98 Å². The molecular weight excluding hydrogens is 320 g/mol. The predicted octanol–water partition coefficient (Wildman–Crippen LogP) is 5.10. The molecule has 0 bridgehead atoms. The molecule has 2 heterocycles. The maximum Gasteiger partial charge on any atom is 0.0668 e. The molecule has 26 heavy (non-hydrogen) atoms. The lowest BCUT2D eigenvalue weighted by molar-refractivity contribution is 0.195. The Labute approximate surface area is 158 Å². The second kappa shape index (κ2) is 7.40. The fourth-order valence-corrected chi connectivity index (χ4v) is 3.52. The van der Waals surface area contributed by atoms with E-state index in [0.717, 1.165) is 26.1 Å². The van der Waals surface area contributed by atoms with Crippen LogP contribution in [0, 0.1) is 0 Å². The standard InChI is InChI=1S/C23H32N2O/c1-22(2,3)19-11-17(14-24-15-19)13-23(4,5)18-7-6-8-20(12-18)25-21-9-10-26-16-21/h6-8,11-12,14-15,21,25H,9-10,13,16H2,1-5H3. The first-order valence-electron chi connectivity index (χ1n) is 9.63. The molecule has 1 aliphatic heterocycles. The lowest BCUT2D eigenvalue weighted by Gasteiger charge is -2.27. The van der Waals surface area contributed by atoms with Gasteiger partial charge < -0.3 is 10.1 Å². The minimum atomic E-state index is 0.0437. The third kappa shape index (κ3) is 4.64. The van der Waals surface area contributed by atoms with E-state index >= 15 is 0 Å². The van der Waals surface area contributed by atoms with Crippen molar-refractivity contribution in [1.29, 1.82) is 0 Å². The summed E-state index contributed by atoms with van der Waals surface area (Å²) in [5, 5.41) is 3.61. The van der Waals surface area contributed by atoms with E-state index in [0.29, 0.717) is 6.04 Å². The highest BCUT2D eigenvalue weighted by atomic mass is 16.5. The highest BCUT2D eigenvalue weighted by molar-refractivity contribution is 5.48. The third-order valence-electron chi connectivity index (χ3n) is 5.25. The Morgan fingerprint density at radius 2 is 1.88 bits per heavy atom. The molecule has 3 heteroatoms. The van der Waals surface area contributed by atoms with Crippen LogP contribution in [0.25, 0.3) is 0 Å². The summed E-state index contributed by atoms with van der Waals surface area (Å²) in [6.45, 7) is 13.0. The van der Waals surface area contributed by atoms with Crippen LogP contribution in [0.15, 0.2) is 42.7 Å². The molecule has 1 saturated heterocycles. The minimum absolute atomic E-state index is 0.0437. The van der Waals surface area contributed by atoms with Crippen LogP contribution in [0.5, 0.6) is 0 Å².